The van der Waals surface area contributed by atoms with E-state index in [0.717, 1.165) is 47.4 Å². The molecule has 4 nitrogen and oxygen atoms in total. The molecule has 0 saturated carbocycles. The van der Waals surface area contributed by atoms with E-state index < -0.39 is 0 Å². The Morgan fingerprint density at radius 1 is 1.00 bits per heavy atom. The number of hydrogen-bond donors (Lipinski definition) is 1. The van der Waals surface area contributed by atoms with Gasteiger partial charge in [0.2, 0.25) is 0 Å². The fourth-order valence-electron chi connectivity index (χ4n) is 3.07. The number of fused-ring (bicyclic) bond motifs is 1. The Morgan fingerprint density at radius 3 is 2.41 bits per heavy atom. The van der Waals surface area contributed by atoms with Crippen LogP contribution in [0.5, 0.6) is 11.5 Å². The Morgan fingerprint density at radius 2 is 1.70 bits per heavy atom. The summed E-state index contributed by atoms with van der Waals surface area (Å²) in [5, 5.41) is 4.09. The number of aryl methyl sites for hydroxylation is 1. The molecule has 0 aliphatic carbocycles. The van der Waals surface area contributed by atoms with Gasteiger partial charge in [0.1, 0.15) is 13.2 Å². The first kappa shape index (κ1) is 19.5. The average molecular weight is 385 g/mol. The zero-order valence-corrected chi connectivity index (χ0v) is 17.0. The standard InChI is InChI=1S/C22H28N2O2S/c1-3-5-6-17-7-10-19(11-8-17)23-22(27)24(4-2)16-18-9-12-20-21(15-18)26-14-13-25-20/h7-12,15H,3-6,13-14,16H2,1-2H3,(H,23,27). The zero-order chi connectivity index (χ0) is 19.1. The van der Waals surface area contributed by atoms with Gasteiger partial charge in [-0.15, -0.1) is 0 Å². The van der Waals surface area contributed by atoms with E-state index in [9.17, 15) is 0 Å². The molecule has 5 heteroatoms. The summed E-state index contributed by atoms with van der Waals surface area (Å²) in [5.74, 6) is 1.63. The molecular weight excluding hydrogens is 356 g/mol. The van der Waals surface area contributed by atoms with Crippen molar-refractivity contribution < 1.29 is 9.47 Å². The van der Waals surface area contributed by atoms with E-state index in [1.54, 1.807) is 0 Å². The van der Waals surface area contributed by atoms with Crippen LogP contribution in [-0.4, -0.2) is 29.8 Å². The summed E-state index contributed by atoms with van der Waals surface area (Å²) < 4.78 is 11.3. The summed E-state index contributed by atoms with van der Waals surface area (Å²) in [6.07, 6.45) is 3.58. The third-order valence-corrected chi connectivity index (χ3v) is 5.03. The topological polar surface area (TPSA) is 33.7 Å². The molecule has 1 N–H and O–H groups in total. The van der Waals surface area contributed by atoms with Crippen molar-refractivity contribution in [2.75, 3.05) is 25.1 Å². The Hall–Kier alpha value is -2.27. The third kappa shape index (κ3) is 5.36. The minimum atomic E-state index is 0.599. The number of unbranched alkanes of at least 4 members (excludes halogenated alkanes) is 1. The maximum atomic E-state index is 5.68. The van der Waals surface area contributed by atoms with E-state index in [4.69, 9.17) is 21.7 Å². The van der Waals surface area contributed by atoms with Gasteiger partial charge in [-0.3, -0.25) is 0 Å². The predicted molar refractivity (Wildman–Crippen MR) is 115 cm³/mol. The van der Waals surface area contributed by atoms with Gasteiger partial charge in [-0.1, -0.05) is 31.5 Å². The number of nitrogens with zero attached hydrogens (tertiary/aromatic N) is 1. The lowest BCUT2D eigenvalue weighted by molar-refractivity contribution is 0.171. The first-order chi connectivity index (χ1) is 13.2. The van der Waals surface area contributed by atoms with Crippen molar-refractivity contribution in [1.82, 2.24) is 4.90 Å². The average Bonchev–Trinajstić information content (AvgIpc) is 2.71. The van der Waals surface area contributed by atoms with Crippen molar-refractivity contribution in [2.45, 2.75) is 39.7 Å². The van der Waals surface area contributed by atoms with Crippen LogP contribution in [0.1, 0.15) is 37.8 Å². The second-order valence-electron chi connectivity index (χ2n) is 6.72. The molecule has 1 heterocycles. The normalized spacial score (nSPS) is 12.5. The molecule has 0 spiro atoms. The summed E-state index contributed by atoms with van der Waals surface area (Å²) in [4.78, 5) is 2.14. The van der Waals surface area contributed by atoms with Gasteiger partial charge in [0.15, 0.2) is 16.6 Å². The second-order valence-corrected chi connectivity index (χ2v) is 7.11. The van der Waals surface area contributed by atoms with Gasteiger partial charge in [0.25, 0.3) is 0 Å². The summed E-state index contributed by atoms with van der Waals surface area (Å²) in [6.45, 7) is 7.10. The number of hydrogen-bond acceptors (Lipinski definition) is 3. The van der Waals surface area contributed by atoms with Gasteiger partial charge in [-0.05, 0) is 67.4 Å². The molecule has 0 atom stereocenters. The minimum Gasteiger partial charge on any atom is -0.486 e. The first-order valence-corrected chi connectivity index (χ1v) is 10.1. The lowest BCUT2D eigenvalue weighted by atomic mass is 10.1. The summed E-state index contributed by atoms with van der Waals surface area (Å²) in [5.41, 5.74) is 3.55. The molecule has 0 saturated heterocycles. The molecule has 0 aromatic heterocycles. The van der Waals surface area contributed by atoms with Crippen LogP contribution in [0.15, 0.2) is 42.5 Å². The molecule has 3 rings (SSSR count). The Bertz CT molecular complexity index is 761. The highest BCUT2D eigenvalue weighted by atomic mass is 32.1. The second kappa shape index (κ2) is 9.60. The van der Waals surface area contributed by atoms with Crippen molar-refractivity contribution in [3.05, 3.63) is 53.6 Å². The van der Waals surface area contributed by atoms with Gasteiger partial charge >= 0.3 is 0 Å². The van der Waals surface area contributed by atoms with Crippen molar-refractivity contribution in [3.63, 3.8) is 0 Å². The SMILES string of the molecule is CCCCc1ccc(NC(=S)N(CC)Cc2ccc3c(c2)OCCO3)cc1. The number of benzene rings is 2. The highest BCUT2D eigenvalue weighted by Gasteiger charge is 2.14. The lowest BCUT2D eigenvalue weighted by Gasteiger charge is -2.25. The van der Waals surface area contributed by atoms with Gasteiger partial charge in [-0.25, -0.2) is 0 Å². The molecule has 27 heavy (non-hydrogen) atoms. The molecule has 0 bridgehead atoms. The van der Waals surface area contributed by atoms with Gasteiger partial charge < -0.3 is 19.7 Å². The Kier molecular flexibility index (Phi) is 6.93. The summed E-state index contributed by atoms with van der Waals surface area (Å²) in [7, 11) is 0. The maximum Gasteiger partial charge on any atom is 0.173 e. The molecule has 0 fully saturated rings. The van der Waals surface area contributed by atoms with Gasteiger partial charge in [-0.2, -0.15) is 0 Å². The highest BCUT2D eigenvalue weighted by Crippen LogP contribution is 2.31. The monoisotopic (exact) mass is 384 g/mol. The van der Waals surface area contributed by atoms with Crippen molar-refractivity contribution in [2.24, 2.45) is 0 Å². The van der Waals surface area contributed by atoms with Crippen LogP contribution in [0.4, 0.5) is 5.69 Å². The van der Waals surface area contributed by atoms with Crippen LogP contribution in [0.25, 0.3) is 0 Å². The number of rotatable bonds is 7. The minimum absolute atomic E-state index is 0.599. The van der Waals surface area contributed by atoms with Crippen molar-refractivity contribution in [1.29, 1.82) is 0 Å². The molecule has 0 unspecified atom stereocenters. The van der Waals surface area contributed by atoms with E-state index in [1.807, 2.05) is 12.1 Å². The van der Waals surface area contributed by atoms with Crippen molar-refractivity contribution >= 4 is 23.0 Å². The molecule has 144 valence electrons. The first-order valence-electron chi connectivity index (χ1n) is 9.73. The summed E-state index contributed by atoms with van der Waals surface area (Å²) in [6, 6.07) is 14.7. The fourth-order valence-corrected chi connectivity index (χ4v) is 3.38. The van der Waals surface area contributed by atoms with E-state index in [2.05, 4.69) is 54.4 Å². The van der Waals surface area contributed by atoms with Crippen LogP contribution in [0, 0.1) is 0 Å². The smallest absolute Gasteiger partial charge is 0.173 e. The van der Waals surface area contributed by atoms with Crippen LogP contribution >= 0.6 is 12.2 Å². The highest BCUT2D eigenvalue weighted by molar-refractivity contribution is 7.80. The van der Waals surface area contributed by atoms with Crippen LogP contribution in [-0.2, 0) is 13.0 Å². The van der Waals surface area contributed by atoms with Gasteiger partial charge in [0, 0.05) is 18.8 Å². The molecule has 0 amide bonds. The maximum absolute atomic E-state index is 5.68. The summed E-state index contributed by atoms with van der Waals surface area (Å²) >= 11 is 5.64. The number of nitrogens with one attached hydrogen (secondary N) is 1. The van der Waals surface area contributed by atoms with Crippen LogP contribution < -0.4 is 14.8 Å². The lowest BCUT2D eigenvalue weighted by Crippen LogP contribution is -2.34. The van der Waals surface area contributed by atoms with Crippen LogP contribution in [0.2, 0.25) is 0 Å². The molecular formula is C22H28N2O2S. The van der Waals surface area contributed by atoms with E-state index in [0.29, 0.717) is 13.2 Å². The zero-order valence-electron chi connectivity index (χ0n) is 16.2. The molecule has 2 aromatic carbocycles. The number of anilines is 1. The number of thiocarbonyl (C=S) groups is 1. The Labute approximate surface area is 167 Å². The van der Waals surface area contributed by atoms with Crippen LogP contribution in [0.3, 0.4) is 0 Å². The predicted octanol–water partition coefficient (Wildman–Crippen LogP) is 5.02. The molecule has 2 aromatic rings. The Balaban J connectivity index is 1.60. The largest absolute Gasteiger partial charge is 0.486 e. The molecule has 0 radical (unpaired) electrons. The van der Waals surface area contributed by atoms with Crippen molar-refractivity contribution in [3.8, 4) is 11.5 Å². The van der Waals surface area contributed by atoms with E-state index in [1.165, 1.54) is 18.4 Å². The van der Waals surface area contributed by atoms with E-state index >= 15 is 0 Å². The quantitative estimate of drug-likeness (QED) is 0.678. The van der Waals surface area contributed by atoms with E-state index in [-0.39, 0.29) is 0 Å². The third-order valence-electron chi connectivity index (χ3n) is 4.67. The van der Waals surface area contributed by atoms with Gasteiger partial charge in [0.05, 0.1) is 0 Å². The fraction of sp³-hybridized carbons (Fsp3) is 0.409. The molecule has 1 aliphatic rings. The number of ether oxygens (including phenoxy) is 2. The molecule has 1 aliphatic heterocycles.